The number of pyridine rings is 2. The van der Waals surface area contributed by atoms with Crippen molar-refractivity contribution in [2.45, 2.75) is 50.0 Å². The van der Waals surface area contributed by atoms with Gasteiger partial charge < -0.3 is 25.6 Å². The maximum absolute atomic E-state index is 14.8. The molecule has 2 aromatic heterocycles. The topological polar surface area (TPSA) is 137 Å². The van der Waals surface area contributed by atoms with E-state index in [4.69, 9.17) is 15.2 Å². The molecule has 1 fully saturated rings. The Morgan fingerprint density at radius 1 is 1.09 bits per heavy atom. The summed E-state index contributed by atoms with van der Waals surface area (Å²) in [5.41, 5.74) is 1.67. The van der Waals surface area contributed by atoms with Crippen molar-refractivity contribution >= 4 is 11.8 Å². The highest BCUT2D eigenvalue weighted by Gasteiger charge is 2.57. The Balaban J connectivity index is 1.37. The van der Waals surface area contributed by atoms with E-state index in [0.29, 0.717) is 11.3 Å². The van der Waals surface area contributed by atoms with E-state index < -0.39 is 47.1 Å². The quantitative estimate of drug-likeness (QED) is 0.214. The number of benzene rings is 2. The van der Waals surface area contributed by atoms with Crippen LogP contribution in [0, 0.1) is 12.7 Å². The number of primary amides is 1. The molecule has 0 saturated heterocycles. The zero-order valence-corrected chi connectivity index (χ0v) is 25.3. The van der Waals surface area contributed by atoms with Crippen molar-refractivity contribution in [1.29, 1.82) is 0 Å². The first-order chi connectivity index (χ1) is 22.2. The molecule has 47 heavy (non-hydrogen) atoms. The van der Waals surface area contributed by atoms with Crippen LogP contribution in [0.15, 0.2) is 67.0 Å². The minimum Gasteiger partial charge on any atom is -0.490 e. The van der Waals surface area contributed by atoms with E-state index in [1.54, 1.807) is 18.5 Å². The van der Waals surface area contributed by atoms with Crippen molar-refractivity contribution < 1.29 is 41.7 Å². The highest BCUT2D eigenvalue weighted by Crippen LogP contribution is 2.48. The summed E-state index contributed by atoms with van der Waals surface area (Å²) < 4.78 is 69.8. The summed E-state index contributed by atoms with van der Waals surface area (Å²) in [4.78, 5) is 34.1. The number of halogens is 4. The predicted octanol–water partition coefficient (Wildman–Crippen LogP) is 5.11. The highest BCUT2D eigenvalue weighted by atomic mass is 19.4. The number of aliphatic hydroxyl groups is 1. The Labute approximate surface area is 266 Å². The van der Waals surface area contributed by atoms with Crippen LogP contribution in [0.3, 0.4) is 0 Å². The van der Waals surface area contributed by atoms with Crippen molar-refractivity contribution in [2.75, 3.05) is 13.2 Å². The summed E-state index contributed by atoms with van der Waals surface area (Å²) in [7, 11) is 0. The van der Waals surface area contributed by atoms with Crippen LogP contribution in [0.25, 0.3) is 22.4 Å². The van der Waals surface area contributed by atoms with E-state index in [0.717, 1.165) is 42.2 Å². The summed E-state index contributed by atoms with van der Waals surface area (Å²) in [6, 6.07) is 12.0. The number of fused-ring (bicyclic) bond motifs is 1. The molecule has 0 spiro atoms. The first-order valence-electron chi connectivity index (χ1n) is 14.7. The Hall–Kier alpha value is -5.04. The molecule has 0 bridgehead atoms. The molecular formula is C34H30F4N4O5. The minimum atomic E-state index is -5.35. The standard InChI is InChI=1S/C34H30F4N4O5/c1-18-11-21(15-40-14-18)24-10-5-20(12-26(24)47-23-8-9-23)30(43)41-16-33(45,34(36,37)38)27-13-25-29(46-17-32(25,2)31(39)44)28(42-27)19-3-6-22(35)7-4-19/h3-7,10-15,23,45H,8-9,16-17H2,1-2H3,(H2,39,44)(H,41,43)/t32-,33?/m0/s1. The predicted molar refractivity (Wildman–Crippen MR) is 162 cm³/mol. The van der Waals surface area contributed by atoms with Gasteiger partial charge in [0, 0.05) is 40.2 Å². The van der Waals surface area contributed by atoms with Gasteiger partial charge in [0.15, 0.2) is 0 Å². The van der Waals surface area contributed by atoms with Gasteiger partial charge in [-0.05, 0) is 86.8 Å². The van der Waals surface area contributed by atoms with Gasteiger partial charge in [-0.15, -0.1) is 0 Å². The molecule has 2 aromatic carbocycles. The van der Waals surface area contributed by atoms with Crippen molar-refractivity contribution in [3.05, 3.63) is 95.2 Å². The average molecular weight is 651 g/mol. The van der Waals surface area contributed by atoms with E-state index in [1.165, 1.54) is 31.2 Å². The molecule has 1 saturated carbocycles. The number of ether oxygens (including phenoxy) is 2. The lowest BCUT2D eigenvalue weighted by Crippen LogP contribution is -2.51. The fraction of sp³-hybridized carbons (Fsp3) is 0.294. The number of hydrogen-bond donors (Lipinski definition) is 3. The van der Waals surface area contributed by atoms with Crippen LogP contribution in [-0.4, -0.2) is 52.3 Å². The van der Waals surface area contributed by atoms with E-state index >= 15 is 0 Å². The molecular weight excluding hydrogens is 620 g/mol. The third kappa shape index (κ3) is 5.98. The third-order valence-electron chi connectivity index (χ3n) is 8.38. The summed E-state index contributed by atoms with van der Waals surface area (Å²) in [5.74, 6) is -2.05. The van der Waals surface area contributed by atoms with E-state index in [-0.39, 0.29) is 40.8 Å². The van der Waals surface area contributed by atoms with Crippen LogP contribution >= 0.6 is 0 Å². The largest absolute Gasteiger partial charge is 0.490 e. The number of hydrogen-bond acceptors (Lipinski definition) is 7. The maximum atomic E-state index is 14.8. The van der Waals surface area contributed by atoms with Crippen LogP contribution in [0.5, 0.6) is 11.5 Å². The number of carbonyl (C=O) groups excluding carboxylic acids is 2. The van der Waals surface area contributed by atoms with Crippen molar-refractivity contribution in [2.24, 2.45) is 5.73 Å². The normalized spacial score (nSPS) is 18.5. The average Bonchev–Trinajstić information content (AvgIpc) is 3.78. The molecule has 6 rings (SSSR count). The Bertz CT molecular complexity index is 1880. The lowest BCUT2D eigenvalue weighted by atomic mass is 9.81. The van der Waals surface area contributed by atoms with E-state index in [2.05, 4.69) is 15.3 Å². The minimum absolute atomic E-state index is 0.00171. The third-order valence-corrected chi connectivity index (χ3v) is 8.38. The molecule has 1 unspecified atom stereocenters. The zero-order valence-electron chi connectivity index (χ0n) is 25.3. The monoisotopic (exact) mass is 650 g/mol. The zero-order chi connectivity index (χ0) is 33.7. The number of aromatic nitrogens is 2. The van der Waals surface area contributed by atoms with Gasteiger partial charge in [0.25, 0.3) is 5.91 Å². The highest BCUT2D eigenvalue weighted by molar-refractivity contribution is 5.95. The molecule has 1 aliphatic carbocycles. The Morgan fingerprint density at radius 3 is 2.45 bits per heavy atom. The fourth-order valence-electron chi connectivity index (χ4n) is 5.32. The van der Waals surface area contributed by atoms with Gasteiger partial charge in [0.1, 0.15) is 35.0 Å². The second-order valence-corrected chi connectivity index (χ2v) is 12.0. The SMILES string of the molecule is Cc1cncc(-c2ccc(C(=O)NCC(O)(c3cc4c(c(-c5ccc(F)cc5)n3)OC[C@]4(C)C(N)=O)C(F)(F)F)cc2OC2CC2)c1. The summed E-state index contributed by atoms with van der Waals surface area (Å²) in [6.07, 6.45) is -0.414. The van der Waals surface area contributed by atoms with Gasteiger partial charge in [-0.1, -0.05) is 0 Å². The smallest absolute Gasteiger partial charge is 0.424 e. The van der Waals surface area contributed by atoms with Gasteiger partial charge in [0.05, 0.1) is 18.3 Å². The van der Waals surface area contributed by atoms with Crippen molar-refractivity contribution in [1.82, 2.24) is 15.3 Å². The second-order valence-electron chi connectivity index (χ2n) is 12.0. The maximum Gasteiger partial charge on any atom is 0.424 e. The van der Waals surface area contributed by atoms with Crippen molar-refractivity contribution in [3.63, 3.8) is 0 Å². The first kappa shape index (κ1) is 31.9. The van der Waals surface area contributed by atoms with Gasteiger partial charge in [-0.25, -0.2) is 9.37 Å². The van der Waals surface area contributed by atoms with Gasteiger partial charge in [-0.3, -0.25) is 14.6 Å². The van der Waals surface area contributed by atoms with Gasteiger partial charge >= 0.3 is 6.18 Å². The van der Waals surface area contributed by atoms with Crippen LogP contribution < -0.4 is 20.5 Å². The van der Waals surface area contributed by atoms with Gasteiger partial charge in [0.2, 0.25) is 11.5 Å². The number of rotatable bonds is 9. The fourth-order valence-corrected chi connectivity index (χ4v) is 5.32. The lowest BCUT2D eigenvalue weighted by Gasteiger charge is -2.31. The Morgan fingerprint density at radius 2 is 1.81 bits per heavy atom. The molecule has 0 radical (unpaired) electrons. The van der Waals surface area contributed by atoms with Crippen LogP contribution in [0.4, 0.5) is 17.6 Å². The molecule has 9 nitrogen and oxygen atoms in total. The number of amides is 2. The summed E-state index contributed by atoms with van der Waals surface area (Å²) in [6.45, 7) is 1.64. The van der Waals surface area contributed by atoms with Gasteiger partial charge in [-0.2, -0.15) is 13.2 Å². The number of aryl methyl sites for hydroxylation is 1. The van der Waals surface area contributed by atoms with E-state index in [1.807, 2.05) is 13.0 Å². The molecule has 244 valence electrons. The number of nitrogens with one attached hydrogen (secondary N) is 1. The summed E-state index contributed by atoms with van der Waals surface area (Å²) in [5, 5.41) is 13.5. The first-order valence-corrected chi connectivity index (χ1v) is 14.7. The molecule has 2 amide bonds. The molecule has 3 heterocycles. The lowest BCUT2D eigenvalue weighted by molar-refractivity contribution is -0.265. The number of nitrogens with two attached hydrogens (primary N) is 1. The molecule has 2 atom stereocenters. The number of nitrogens with zero attached hydrogens (tertiary/aromatic N) is 2. The van der Waals surface area contributed by atoms with E-state index in [9.17, 15) is 32.3 Å². The van der Waals surface area contributed by atoms with Crippen LogP contribution in [0.1, 0.15) is 46.9 Å². The number of alkyl halides is 3. The number of carbonyl (C=O) groups is 2. The van der Waals surface area contributed by atoms with Crippen molar-refractivity contribution in [3.8, 4) is 33.9 Å². The molecule has 4 aromatic rings. The van der Waals surface area contributed by atoms with Crippen LogP contribution in [-0.2, 0) is 15.8 Å². The Kier molecular flexibility index (Phi) is 7.91. The second kappa shape index (κ2) is 11.6. The molecule has 13 heteroatoms. The molecule has 4 N–H and O–H groups in total. The summed E-state index contributed by atoms with van der Waals surface area (Å²) >= 11 is 0. The van der Waals surface area contributed by atoms with Crippen LogP contribution in [0.2, 0.25) is 0 Å². The molecule has 2 aliphatic rings. The molecule has 1 aliphatic heterocycles.